The highest BCUT2D eigenvalue weighted by molar-refractivity contribution is 5.27. The van der Waals surface area contributed by atoms with E-state index >= 15 is 0 Å². The quantitative estimate of drug-likeness (QED) is 0.332. The number of fused-ring (bicyclic) bond motifs is 1. The Morgan fingerprint density at radius 3 is 2.10 bits per heavy atom. The van der Waals surface area contributed by atoms with Crippen LogP contribution in [0.1, 0.15) is 126 Å². The van der Waals surface area contributed by atoms with Crippen LogP contribution in [-0.2, 0) is 0 Å². The summed E-state index contributed by atoms with van der Waals surface area (Å²) in [5.74, 6) is 0.877. The average molecular weight is 411 g/mol. The minimum absolute atomic E-state index is 0.455. The van der Waals surface area contributed by atoms with Gasteiger partial charge in [0.2, 0.25) is 0 Å². The summed E-state index contributed by atoms with van der Waals surface area (Å²) in [5.41, 5.74) is 9.06. The Morgan fingerprint density at radius 2 is 1.47 bits per heavy atom. The highest BCUT2D eigenvalue weighted by atomic mass is 14.5. The molecule has 1 unspecified atom stereocenters. The lowest BCUT2D eigenvalue weighted by Crippen LogP contribution is -2.45. The summed E-state index contributed by atoms with van der Waals surface area (Å²) < 4.78 is 0. The zero-order chi connectivity index (χ0) is 22.4. The number of allylic oxidation sites excluding steroid dienone is 8. The molecule has 0 amide bonds. The fraction of sp³-hybridized carbons (Fsp3) is 0.733. The van der Waals surface area contributed by atoms with Crippen LogP contribution in [-0.4, -0.2) is 0 Å². The van der Waals surface area contributed by atoms with Crippen molar-refractivity contribution in [3.05, 3.63) is 46.1 Å². The lowest BCUT2D eigenvalue weighted by Gasteiger charge is -2.55. The molecule has 0 aromatic carbocycles. The van der Waals surface area contributed by atoms with Crippen LogP contribution in [0.15, 0.2) is 46.1 Å². The molecule has 1 fully saturated rings. The van der Waals surface area contributed by atoms with Crippen LogP contribution in [0.2, 0.25) is 0 Å². The van der Waals surface area contributed by atoms with Gasteiger partial charge in [0.25, 0.3) is 0 Å². The van der Waals surface area contributed by atoms with Crippen LogP contribution in [0.5, 0.6) is 0 Å². The third-order valence-corrected chi connectivity index (χ3v) is 8.25. The van der Waals surface area contributed by atoms with E-state index in [4.69, 9.17) is 0 Å². The Labute approximate surface area is 189 Å². The summed E-state index contributed by atoms with van der Waals surface area (Å²) in [6.45, 7) is 19.1. The first-order valence-corrected chi connectivity index (χ1v) is 12.7. The van der Waals surface area contributed by atoms with Gasteiger partial charge in [0.05, 0.1) is 0 Å². The molecule has 0 heteroatoms. The zero-order valence-electron chi connectivity index (χ0n) is 21.6. The van der Waals surface area contributed by atoms with Crippen LogP contribution in [0.25, 0.3) is 0 Å². The summed E-state index contributed by atoms with van der Waals surface area (Å²) in [6.07, 6.45) is 21.6. The maximum Gasteiger partial charge on any atom is -0.00803 e. The third-order valence-electron chi connectivity index (χ3n) is 8.25. The second kappa shape index (κ2) is 11.0. The molecule has 30 heavy (non-hydrogen) atoms. The van der Waals surface area contributed by atoms with Crippen molar-refractivity contribution in [3.63, 3.8) is 0 Å². The molecule has 0 radical (unpaired) electrons. The molecule has 2 rings (SSSR count). The number of hydrogen-bond donors (Lipinski definition) is 0. The zero-order valence-corrected chi connectivity index (χ0v) is 21.6. The fourth-order valence-corrected chi connectivity index (χ4v) is 6.49. The normalized spacial score (nSPS) is 27.1. The molecule has 0 aliphatic heterocycles. The first-order valence-electron chi connectivity index (χ1n) is 12.7. The van der Waals surface area contributed by atoms with E-state index in [1.54, 1.807) is 16.7 Å². The van der Waals surface area contributed by atoms with Gasteiger partial charge >= 0.3 is 0 Å². The highest BCUT2D eigenvalue weighted by Crippen LogP contribution is 2.60. The standard InChI is InChI=1S/C30H50/c1-23(2)13-9-14-24(3)15-10-16-25(4)17-11-18-27-26(5)19-20-28-29(6,7)21-12-22-30(27,28)8/h13,15,17,28H,9-12,14,16,18-22H2,1-8H3/b24-15+,25-17+/t28?,30-/m1/s1. The van der Waals surface area contributed by atoms with Gasteiger partial charge in [-0.25, -0.2) is 0 Å². The second-order valence-electron chi connectivity index (χ2n) is 11.6. The second-order valence-corrected chi connectivity index (χ2v) is 11.6. The van der Waals surface area contributed by atoms with Crippen molar-refractivity contribution in [1.82, 2.24) is 0 Å². The molecule has 2 atom stereocenters. The largest absolute Gasteiger partial charge is 0.0856 e. The average Bonchev–Trinajstić information content (AvgIpc) is 2.63. The topological polar surface area (TPSA) is 0 Å². The first-order chi connectivity index (χ1) is 14.1. The minimum Gasteiger partial charge on any atom is -0.0856 e. The molecular weight excluding hydrogens is 360 g/mol. The van der Waals surface area contributed by atoms with Crippen molar-refractivity contribution in [2.24, 2.45) is 16.7 Å². The first kappa shape index (κ1) is 25.2. The molecule has 2 aliphatic rings. The van der Waals surface area contributed by atoms with Crippen molar-refractivity contribution in [1.29, 1.82) is 0 Å². The molecule has 0 nitrogen and oxygen atoms in total. The van der Waals surface area contributed by atoms with Crippen LogP contribution in [0, 0.1) is 16.7 Å². The van der Waals surface area contributed by atoms with Gasteiger partial charge in [0.1, 0.15) is 0 Å². The van der Waals surface area contributed by atoms with Crippen LogP contribution in [0.4, 0.5) is 0 Å². The summed E-state index contributed by atoms with van der Waals surface area (Å²) >= 11 is 0. The van der Waals surface area contributed by atoms with E-state index in [9.17, 15) is 0 Å². The minimum atomic E-state index is 0.455. The van der Waals surface area contributed by atoms with Gasteiger partial charge in [-0.2, -0.15) is 0 Å². The van der Waals surface area contributed by atoms with Gasteiger partial charge < -0.3 is 0 Å². The van der Waals surface area contributed by atoms with Gasteiger partial charge in [-0.1, -0.05) is 73.3 Å². The van der Waals surface area contributed by atoms with E-state index in [0.29, 0.717) is 10.8 Å². The van der Waals surface area contributed by atoms with Crippen molar-refractivity contribution in [2.75, 3.05) is 0 Å². The Balaban J connectivity index is 1.88. The molecular formula is C30H50. The van der Waals surface area contributed by atoms with Crippen molar-refractivity contribution < 1.29 is 0 Å². The summed E-state index contributed by atoms with van der Waals surface area (Å²) in [5, 5.41) is 0. The van der Waals surface area contributed by atoms with Crippen LogP contribution in [0.3, 0.4) is 0 Å². The molecule has 0 heterocycles. The van der Waals surface area contributed by atoms with Crippen molar-refractivity contribution in [2.45, 2.75) is 126 Å². The van der Waals surface area contributed by atoms with Gasteiger partial charge in [-0.15, -0.1) is 0 Å². The van der Waals surface area contributed by atoms with E-state index in [1.165, 1.54) is 76.2 Å². The van der Waals surface area contributed by atoms with E-state index in [-0.39, 0.29) is 0 Å². The molecule has 0 aromatic heterocycles. The van der Waals surface area contributed by atoms with Crippen LogP contribution < -0.4 is 0 Å². The van der Waals surface area contributed by atoms with Crippen molar-refractivity contribution >= 4 is 0 Å². The fourth-order valence-electron chi connectivity index (χ4n) is 6.49. The Hall–Kier alpha value is -1.04. The van der Waals surface area contributed by atoms with E-state index in [2.05, 4.69) is 73.6 Å². The number of rotatable bonds is 9. The van der Waals surface area contributed by atoms with Gasteiger partial charge in [0, 0.05) is 0 Å². The Morgan fingerprint density at radius 1 is 0.867 bits per heavy atom. The molecule has 0 spiro atoms. The summed E-state index contributed by atoms with van der Waals surface area (Å²) in [4.78, 5) is 0. The van der Waals surface area contributed by atoms with E-state index in [0.717, 1.165) is 5.92 Å². The van der Waals surface area contributed by atoms with Gasteiger partial charge in [-0.05, 0) is 116 Å². The van der Waals surface area contributed by atoms with E-state index in [1.807, 2.05) is 5.57 Å². The molecule has 0 aromatic rings. The van der Waals surface area contributed by atoms with Gasteiger partial charge in [0.15, 0.2) is 0 Å². The molecule has 1 saturated carbocycles. The lowest BCUT2D eigenvalue weighted by atomic mass is 9.50. The molecule has 0 N–H and O–H groups in total. The predicted molar refractivity (Wildman–Crippen MR) is 136 cm³/mol. The summed E-state index contributed by atoms with van der Waals surface area (Å²) in [7, 11) is 0. The Bertz CT molecular complexity index is 690. The monoisotopic (exact) mass is 410 g/mol. The molecule has 2 aliphatic carbocycles. The smallest absolute Gasteiger partial charge is 0.00803 e. The van der Waals surface area contributed by atoms with E-state index < -0.39 is 0 Å². The third kappa shape index (κ3) is 6.73. The lowest BCUT2D eigenvalue weighted by molar-refractivity contribution is 0.0105. The highest BCUT2D eigenvalue weighted by Gasteiger charge is 2.49. The Kier molecular flexibility index (Phi) is 9.26. The SMILES string of the molecule is CC(C)=CCC/C(C)=C/CC/C(C)=C/CCC1=C(C)CCC2C(C)(C)CCC[C@]12C. The van der Waals surface area contributed by atoms with Crippen molar-refractivity contribution in [3.8, 4) is 0 Å². The van der Waals surface area contributed by atoms with Gasteiger partial charge in [-0.3, -0.25) is 0 Å². The number of hydrogen-bond acceptors (Lipinski definition) is 0. The predicted octanol–water partition coefficient (Wildman–Crippen LogP) is 10.1. The molecule has 170 valence electrons. The maximum atomic E-state index is 2.61. The van der Waals surface area contributed by atoms with Crippen LogP contribution >= 0.6 is 0 Å². The summed E-state index contributed by atoms with van der Waals surface area (Å²) in [6, 6.07) is 0. The molecule has 0 saturated heterocycles. The maximum absolute atomic E-state index is 2.61. The molecule has 0 bridgehead atoms.